The number of urea groups is 1. The van der Waals surface area contributed by atoms with Crippen molar-refractivity contribution in [3.05, 3.63) is 60.7 Å². The van der Waals surface area contributed by atoms with Crippen LogP contribution in [0.2, 0.25) is 0 Å². The zero-order valence-electron chi connectivity index (χ0n) is 15.9. The molecule has 0 radical (unpaired) electrons. The van der Waals surface area contributed by atoms with Gasteiger partial charge >= 0.3 is 6.03 Å². The van der Waals surface area contributed by atoms with Crippen molar-refractivity contribution in [2.24, 2.45) is 0 Å². The number of nitrogens with one attached hydrogen (secondary N) is 2. The third-order valence-electron chi connectivity index (χ3n) is 5.39. The fraction of sp³-hybridized carbons (Fsp3) is 0.286. The van der Waals surface area contributed by atoms with Crippen molar-refractivity contribution >= 4 is 17.5 Å². The minimum atomic E-state index is -0.253. The molecule has 1 fully saturated rings. The zero-order chi connectivity index (χ0) is 19.6. The molecule has 1 unspecified atom stereocenters. The molecule has 8 nitrogen and oxygen atoms in total. The van der Waals surface area contributed by atoms with Crippen LogP contribution in [0.3, 0.4) is 0 Å². The molecule has 5 rings (SSSR count). The molecule has 8 heteroatoms. The first-order chi connectivity index (χ1) is 14.3. The molecule has 29 heavy (non-hydrogen) atoms. The van der Waals surface area contributed by atoms with Gasteiger partial charge in [0.2, 0.25) is 0 Å². The van der Waals surface area contributed by atoms with Gasteiger partial charge in [0.15, 0.2) is 0 Å². The Balaban J connectivity index is 1.21. The highest BCUT2D eigenvalue weighted by Gasteiger charge is 2.28. The average molecular weight is 390 g/mol. The number of carbonyl (C=O) groups is 1. The lowest BCUT2D eigenvalue weighted by atomic mass is 10.0. The summed E-state index contributed by atoms with van der Waals surface area (Å²) in [4.78, 5) is 23.3. The molecular formula is C21H22N6O2. The van der Waals surface area contributed by atoms with Crippen molar-refractivity contribution in [2.45, 2.75) is 6.04 Å². The van der Waals surface area contributed by atoms with Crippen LogP contribution in [0.5, 0.6) is 0 Å². The van der Waals surface area contributed by atoms with Gasteiger partial charge in [-0.05, 0) is 17.7 Å². The van der Waals surface area contributed by atoms with E-state index in [1.54, 1.807) is 6.20 Å². The van der Waals surface area contributed by atoms with Crippen molar-refractivity contribution in [3.63, 3.8) is 0 Å². The summed E-state index contributed by atoms with van der Waals surface area (Å²) in [7, 11) is 0. The number of amides is 2. The van der Waals surface area contributed by atoms with E-state index < -0.39 is 0 Å². The van der Waals surface area contributed by atoms with E-state index in [0.29, 0.717) is 25.4 Å². The Morgan fingerprint density at radius 1 is 1.14 bits per heavy atom. The predicted octanol–water partition coefficient (Wildman–Crippen LogP) is 2.51. The van der Waals surface area contributed by atoms with Crippen LogP contribution in [-0.4, -0.2) is 53.4 Å². The third-order valence-corrected chi connectivity index (χ3v) is 5.39. The van der Waals surface area contributed by atoms with E-state index in [1.165, 1.54) is 11.1 Å². The number of benzene rings is 1. The summed E-state index contributed by atoms with van der Waals surface area (Å²) in [6.45, 7) is 3.57. The Kier molecular flexibility index (Phi) is 4.61. The van der Waals surface area contributed by atoms with Gasteiger partial charge in [-0.1, -0.05) is 24.3 Å². The van der Waals surface area contributed by atoms with Gasteiger partial charge in [-0.25, -0.2) is 14.8 Å². The van der Waals surface area contributed by atoms with E-state index in [-0.39, 0.29) is 12.1 Å². The SMILES string of the molecule is O=C(NCC1c2ccccc2-c2cncn21)Nc1ccc(N2CCOCC2)nc1. The molecule has 0 spiro atoms. The summed E-state index contributed by atoms with van der Waals surface area (Å²) in [5.41, 5.74) is 4.10. The Bertz CT molecular complexity index is 1010. The summed E-state index contributed by atoms with van der Waals surface area (Å²) >= 11 is 0. The number of pyridine rings is 1. The second-order valence-electron chi connectivity index (χ2n) is 7.13. The van der Waals surface area contributed by atoms with Crippen LogP contribution in [-0.2, 0) is 4.74 Å². The first kappa shape index (κ1) is 17.7. The largest absolute Gasteiger partial charge is 0.378 e. The van der Waals surface area contributed by atoms with Crippen LogP contribution in [0.1, 0.15) is 11.6 Å². The maximum absolute atomic E-state index is 12.4. The summed E-state index contributed by atoms with van der Waals surface area (Å²) in [6, 6.07) is 11.8. The lowest BCUT2D eigenvalue weighted by molar-refractivity contribution is 0.122. The van der Waals surface area contributed by atoms with Gasteiger partial charge in [-0.3, -0.25) is 0 Å². The molecule has 1 atom stereocenters. The van der Waals surface area contributed by atoms with Crippen LogP contribution < -0.4 is 15.5 Å². The van der Waals surface area contributed by atoms with E-state index in [2.05, 4.69) is 42.2 Å². The van der Waals surface area contributed by atoms with Crippen molar-refractivity contribution in [2.75, 3.05) is 43.1 Å². The summed E-state index contributed by atoms with van der Waals surface area (Å²) in [6.07, 6.45) is 5.36. The molecule has 2 N–H and O–H groups in total. The molecule has 4 heterocycles. The standard InChI is InChI=1S/C21H22N6O2/c28-21(25-15-5-6-20(23-11-15)26-7-9-29-10-8-26)24-13-19-17-4-2-1-3-16(17)18-12-22-14-27(18)19/h1-6,11-12,14,19H,7-10,13H2,(H2,24,25,28). The molecule has 0 bridgehead atoms. The molecule has 2 aliphatic heterocycles. The molecule has 148 valence electrons. The summed E-state index contributed by atoms with van der Waals surface area (Å²) < 4.78 is 7.47. The van der Waals surface area contributed by atoms with Crippen LogP contribution in [0.4, 0.5) is 16.3 Å². The lowest BCUT2D eigenvalue weighted by Gasteiger charge is -2.27. The van der Waals surface area contributed by atoms with Gasteiger partial charge in [-0.2, -0.15) is 0 Å². The highest BCUT2D eigenvalue weighted by atomic mass is 16.5. The predicted molar refractivity (Wildman–Crippen MR) is 110 cm³/mol. The Morgan fingerprint density at radius 3 is 2.83 bits per heavy atom. The van der Waals surface area contributed by atoms with Crippen molar-refractivity contribution < 1.29 is 9.53 Å². The zero-order valence-corrected chi connectivity index (χ0v) is 15.9. The highest BCUT2D eigenvalue weighted by molar-refractivity contribution is 5.89. The minimum absolute atomic E-state index is 0.0382. The number of nitrogens with zero attached hydrogens (tertiary/aromatic N) is 4. The van der Waals surface area contributed by atoms with Crippen LogP contribution in [0, 0.1) is 0 Å². The molecule has 1 aromatic carbocycles. The lowest BCUT2D eigenvalue weighted by Crippen LogP contribution is -2.36. The number of anilines is 2. The molecule has 2 aliphatic rings. The van der Waals surface area contributed by atoms with Gasteiger partial charge in [0.25, 0.3) is 0 Å². The Labute approximate surface area is 168 Å². The second kappa shape index (κ2) is 7.56. The number of morpholine rings is 1. The smallest absolute Gasteiger partial charge is 0.319 e. The number of fused-ring (bicyclic) bond motifs is 3. The van der Waals surface area contributed by atoms with E-state index in [1.807, 2.05) is 36.8 Å². The van der Waals surface area contributed by atoms with Gasteiger partial charge in [0.1, 0.15) is 5.82 Å². The number of hydrogen-bond acceptors (Lipinski definition) is 5. The maximum atomic E-state index is 12.4. The van der Waals surface area contributed by atoms with E-state index in [9.17, 15) is 4.79 Å². The fourth-order valence-electron chi connectivity index (χ4n) is 3.94. The third kappa shape index (κ3) is 3.42. The quantitative estimate of drug-likeness (QED) is 0.715. The molecule has 0 saturated carbocycles. The number of hydrogen-bond donors (Lipinski definition) is 2. The average Bonchev–Trinajstić information content (AvgIpc) is 3.35. The van der Waals surface area contributed by atoms with Crippen LogP contribution >= 0.6 is 0 Å². The summed E-state index contributed by atoms with van der Waals surface area (Å²) in [5, 5.41) is 5.83. The number of aromatic nitrogens is 3. The monoisotopic (exact) mass is 390 g/mol. The van der Waals surface area contributed by atoms with E-state index in [4.69, 9.17) is 4.74 Å². The molecule has 2 amide bonds. The number of imidazole rings is 1. The highest BCUT2D eigenvalue weighted by Crippen LogP contribution is 2.38. The molecular weight excluding hydrogens is 368 g/mol. The van der Waals surface area contributed by atoms with Gasteiger partial charge < -0.3 is 24.8 Å². The van der Waals surface area contributed by atoms with Crippen LogP contribution in [0.25, 0.3) is 11.3 Å². The van der Waals surface area contributed by atoms with E-state index in [0.717, 1.165) is 24.6 Å². The first-order valence-electron chi connectivity index (χ1n) is 9.74. The maximum Gasteiger partial charge on any atom is 0.319 e. The van der Waals surface area contributed by atoms with Crippen LogP contribution in [0.15, 0.2) is 55.1 Å². The number of ether oxygens (including phenoxy) is 1. The van der Waals surface area contributed by atoms with Gasteiger partial charge in [0.05, 0.1) is 49.4 Å². The molecule has 1 saturated heterocycles. The second-order valence-corrected chi connectivity index (χ2v) is 7.13. The number of rotatable bonds is 4. The van der Waals surface area contributed by atoms with E-state index >= 15 is 0 Å². The fourth-order valence-corrected chi connectivity index (χ4v) is 3.94. The minimum Gasteiger partial charge on any atom is -0.378 e. The van der Waals surface area contributed by atoms with Crippen molar-refractivity contribution in [1.29, 1.82) is 0 Å². The van der Waals surface area contributed by atoms with Gasteiger partial charge in [-0.15, -0.1) is 0 Å². The van der Waals surface area contributed by atoms with Crippen molar-refractivity contribution in [3.8, 4) is 11.3 Å². The Morgan fingerprint density at radius 2 is 2.00 bits per heavy atom. The first-order valence-corrected chi connectivity index (χ1v) is 9.74. The molecule has 0 aliphatic carbocycles. The van der Waals surface area contributed by atoms with Crippen molar-refractivity contribution in [1.82, 2.24) is 19.9 Å². The molecule has 2 aromatic heterocycles. The Hall–Kier alpha value is -3.39. The van der Waals surface area contributed by atoms with Gasteiger partial charge in [0, 0.05) is 25.2 Å². The molecule has 3 aromatic rings. The topological polar surface area (TPSA) is 84.3 Å². The summed E-state index contributed by atoms with van der Waals surface area (Å²) in [5.74, 6) is 0.898. The normalized spacial score (nSPS) is 17.5. The number of carbonyl (C=O) groups excluding carboxylic acids is 1.